The number of fused-ring (bicyclic) bond motifs is 5. The minimum atomic E-state index is 1.01. The van der Waals surface area contributed by atoms with Gasteiger partial charge in [-0.2, -0.15) is 0 Å². The summed E-state index contributed by atoms with van der Waals surface area (Å²) in [6, 6.07) is 36.6. The Bertz CT molecular complexity index is 1340. The van der Waals surface area contributed by atoms with Gasteiger partial charge in [-0.05, 0) is 79.5 Å². The summed E-state index contributed by atoms with van der Waals surface area (Å²) in [6.45, 7) is 0. The van der Waals surface area contributed by atoms with Crippen LogP contribution < -0.4 is 0 Å². The van der Waals surface area contributed by atoms with E-state index in [2.05, 4.69) is 97.1 Å². The molecule has 1 aliphatic rings. The van der Waals surface area contributed by atoms with E-state index >= 15 is 0 Å². The molecule has 0 nitrogen and oxygen atoms in total. The predicted molar refractivity (Wildman–Crippen MR) is 114 cm³/mol. The lowest BCUT2D eigenvalue weighted by molar-refractivity contribution is 1.26. The summed E-state index contributed by atoms with van der Waals surface area (Å²) >= 11 is 0. The van der Waals surface area contributed by atoms with Crippen molar-refractivity contribution in [2.75, 3.05) is 0 Å². The van der Waals surface area contributed by atoms with Crippen LogP contribution in [0.25, 0.3) is 43.8 Å². The summed E-state index contributed by atoms with van der Waals surface area (Å²) in [5.74, 6) is 0. The lowest BCUT2D eigenvalue weighted by atomic mass is 9.93. The van der Waals surface area contributed by atoms with E-state index in [1.807, 2.05) is 0 Å². The molecule has 1 aliphatic carbocycles. The molecule has 0 amide bonds. The number of benzene rings is 5. The predicted octanol–water partition coefficient (Wildman–Crippen LogP) is 7.03. The van der Waals surface area contributed by atoms with Gasteiger partial charge in [0.2, 0.25) is 0 Å². The second-order valence-corrected chi connectivity index (χ2v) is 7.32. The minimum absolute atomic E-state index is 1.01. The average molecular weight is 341 g/mol. The molecule has 1 radical (unpaired) electrons. The van der Waals surface area contributed by atoms with E-state index in [0.717, 1.165) is 6.42 Å². The van der Waals surface area contributed by atoms with Gasteiger partial charge in [0.1, 0.15) is 0 Å². The molecule has 0 aromatic heterocycles. The highest BCUT2D eigenvalue weighted by Crippen LogP contribution is 2.41. The van der Waals surface area contributed by atoms with Crippen LogP contribution in [0.5, 0.6) is 0 Å². The molecule has 5 aromatic carbocycles. The zero-order valence-electron chi connectivity index (χ0n) is 14.9. The van der Waals surface area contributed by atoms with Crippen molar-refractivity contribution in [1.82, 2.24) is 0 Å². The summed E-state index contributed by atoms with van der Waals surface area (Å²) in [7, 11) is 0. The molecule has 0 saturated carbocycles. The molecule has 6 rings (SSSR count). The third-order valence-corrected chi connectivity index (χ3v) is 5.76. The minimum Gasteiger partial charge on any atom is -0.0619 e. The van der Waals surface area contributed by atoms with E-state index in [4.69, 9.17) is 0 Å². The smallest absolute Gasteiger partial charge is 0.000728 e. The summed E-state index contributed by atoms with van der Waals surface area (Å²) in [6.07, 6.45) is 1.01. The van der Waals surface area contributed by atoms with Gasteiger partial charge in [0.05, 0.1) is 0 Å². The molecular weight excluding hydrogens is 324 g/mol. The molecule has 0 saturated heterocycles. The fraction of sp³-hybridized carbons (Fsp3) is 0.0370. The molecule has 27 heavy (non-hydrogen) atoms. The molecule has 5 aromatic rings. The fourth-order valence-electron chi connectivity index (χ4n) is 4.43. The van der Waals surface area contributed by atoms with Gasteiger partial charge in [-0.1, -0.05) is 78.9 Å². The average Bonchev–Trinajstić information content (AvgIpc) is 3.10. The molecule has 0 unspecified atom stereocenters. The molecular formula is C27H17. The molecule has 0 fully saturated rings. The van der Waals surface area contributed by atoms with Gasteiger partial charge in [0.15, 0.2) is 0 Å². The van der Waals surface area contributed by atoms with Crippen LogP contribution in [-0.4, -0.2) is 0 Å². The van der Waals surface area contributed by atoms with E-state index in [-0.39, 0.29) is 0 Å². The Balaban J connectivity index is 1.56. The zero-order valence-corrected chi connectivity index (χ0v) is 14.9. The summed E-state index contributed by atoms with van der Waals surface area (Å²) < 4.78 is 0. The summed E-state index contributed by atoms with van der Waals surface area (Å²) in [5, 5.41) is 4.97. The van der Waals surface area contributed by atoms with E-state index in [1.54, 1.807) is 0 Å². The van der Waals surface area contributed by atoms with Crippen molar-refractivity contribution >= 4 is 21.5 Å². The molecule has 0 aliphatic heterocycles. The van der Waals surface area contributed by atoms with Crippen LogP contribution in [0, 0.1) is 6.07 Å². The first-order chi connectivity index (χ1) is 13.4. The van der Waals surface area contributed by atoms with Gasteiger partial charge in [0.25, 0.3) is 0 Å². The van der Waals surface area contributed by atoms with E-state index < -0.39 is 0 Å². The fourth-order valence-corrected chi connectivity index (χ4v) is 4.43. The molecule has 0 atom stereocenters. The molecule has 0 heteroatoms. The van der Waals surface area contributed by atoms with Crippen molar-refractivity contribution < 1.29 is 0 Å². The normalized spacial score (nSPS) is 12.3. The van der Waals surface area contributed by atoms with Gasteiger partial charge in [-0.3, -0.25) is 0 Å². The Morgan fingerprint density at radius 3 is 2.22 bits per heavy atom. The lowest BCUT2D eigenvalue weighted by Gasteiger charge is -2.10. The van der Waals surface area contributed by atoms with Crippen molar-refractivity contribution in [3.05, 3.63) is 108 Å². The van der Waals surface area contributed by atoms with Crippen LogP contribution in [0.3, 0.4) is 0 Å². The third-order valence-electron chi connectivity index (χ3n) is 5.76. The number of hydrogen-bond donors (Lipinski definition) is 0. The van der Waals surface area contributed by atoms with Crippen LogP contribution in [-0.2, 0) is 6.42 Å². The monoisotopic (exact) mass is 341 g/mol. The number of hydrogen-bond acceptors (Lipinski definition) is 0. The Labute approximate surface area is 158 Å². The molecule has 125 valence electrons. The highest BCUT2D eigenvalue weighted by molar-refractivity contribution is 5.99. The topological polar surface area (TPSA) is 0 Å². The Morgan fingerprint density at radius 1 is 0.556 bits per heavy atom. The van der Waals surface area contributed by atoms with Crippen LogP contribution in [0.15, 0.2) is 91.0 Å². The summed E-state index contributed by atoms with van der Waals surface area (Å²) in [4.78, 5) is 0. The zero-order chi connectivity index (χ0) is 17.8. The third kappa shape index (κ3) is 2.23. The van der Waals surface area contributed by atoms with Crippen molar-refractivity contribution in [3.8, 4) is 22.3 Å². The quantitative estimate of drug-likeness (QED) is 0.282. The van der Waals surface area contributed by atoms with Crippen LogP contribution in [0.2, 0.25) is 0 Å². The molecule has 0 spiro atoms. The molecule has 0 heterocycles. The first-order valence-corrected chi connectivity index (χ1v) is 9.42. The Kier molecular flexibility index (Phi) is 3.04. The van der Waals surface area contributed by atoms with Gasteiger partial charge in [-0.15, -0.1) is 0 Å². The van der Waals surface area contributed by atoms with Crippen molar-refractivity contribution in [1.29, 1.82) is 0 Å². The maximum atomic E-state index is 3.69. The maximum absolute atomic E-state index is 3.69. The number of rotatable bonds is 1. The van der Waals surface area contributed by atoms with Crippen molar-refractivity contribution in [2.45, 2.75) is 6.42 Å². The van der Waals surface area contributed by atoms with Gasteiger partial charge in [-0.25, -0.2) is 0 Å². The van der Waals surface area contributed by atoms with Crippen LogP contribution in [0.4, 0.5) is 0 Å². The van der Waals surface area contributed by atoms with E-state index in [9.17, 15) is 0 Å². The van der Waals surface area contributed by atoms with Crippen LogP contribution in [0.1, 0.15) is 11.1 Å². The largest absolute Gasteiger partial charge is 0.0619 e. The second-order valence-electron chi connectivity index (χ2n) is 7.32. The first kappa shape index (κ1) is 14.8. The van der Waals surface area contributed by atoms with Crippen molar-refractivity contribution in [2.24, 2.45) is 0 Å². The maximum Gasteiger partial charge on any atom is -0.000728 e. The van der Waals surface area contributed by atoms with Gasteiger partial charge in [0, 0.05) is 0 Å². The van der Waals surface area contributed by atoms with E-state index in [1.165, 1.54) is 54.9 Å². The highest BCUT2D eigenvalue weighted by atomic mass is 14.2. The molecule has 0 N–H and O–H groups in total. The summed E-state index contributed by atoms with van der Waals surface area (Å²) in [5.41, 5.74) is 8.08. The Hall–Kier alpha value is -3.38. The SMILES string of the molecule is [c]1c(-c2cccc3c2Cc2ccccc2-3)ccc2cc3ccccc3cc12. The van der Waals surface area contributed by atoms with Crippen molar-refractivity contribution in [3.63, 3.8) is 0 Å². The van der Waals surface area contributed by atoms with Gasteiger partial charge < -0.3 is 0 Å². The van der Waals surface area contributed by atoms with Gasteiger partial charge >= 0.3 is 0 Å². The van der Waals surface area contributed by atoms with E-state index in [0.29, 0.717) is 0 Å². The Morgan fingerprint density at radius 2 is 1.30 bits per heavy atom. The lowest BCUT2D eigenvalue weighted by Crippen LogP contribution is -1.88. The molecule has 0 bridgehead atoms. The second kappa shape index (κ2) is 5.56. The van der Waals surface area contributed by atoms with Crippen LogP contribution >= 0.6 is 0 Å². The highest BCUT2D eigenvalue weighted by Gasteiger charge is 2.21. The standard InChI is InChI=1S/C27H17/c1-2-7-19-15-23-16-22(13-12-20(23)14-18(19)6-1)25-10-5-11-26-24-9-4-3-8-21(24)17-27(25)26/h1-15H,17H2. The first-order valence-electron chi connectivity index (χ1n) is 9.42.